The molecule has 0 radical (unpaired) electrons. The van der Waals surface area contributed by atoms with Crippen molar-refractivity contribution in [1.82, 2.24) is 14.9 Å². The number of aryl methyl sites for hydroxylation is 1. The first-order valence-electron chi connectivity index (χ1n) is 8.62. The summed E-state index contributed by atoms with van der Waals surface area (Å²) in [6, 6.07) is 8.20. The summed E-state index contributed by atoms with van der Waals surface area (Å²) in [6.07, 6.45) is 4.77. The zero-order valence-corrected chi connectivity index (χ0v) is 14.6. The summed E-state index contributed by atoms with van der Waals surface area (Å²) in [4.78, 5) is 24.1. The van der Waals surface area contributed by atoms with Crippen molar-refractivity contribution in [2.24, 2.45) is 0 Å². The highest BCUT2D eigenvalue weighted by molar-refractivity contribution is 6.01. The minimum Gasteiger partial charge on any atom is -0.361 e. The Bertz CT molecular complexity index is 905. The Balaban J connectivity index is 1.66. The number of likely N-dealkylation sites (N-methyl/N-ethyl adjacent to an activating group) is 1. The van der Waals surface area contributed by atoms with Crippen LogP contribution >= 0.6 is 0 Å². The van der Waals surface area contributed by atoms with E-state index >= 15 is 0 Å². The number of H-pyrrole nitrogens is 1. The molecule has 1 N–H and O–H groups in total. The van der Waals surface area contributed by atoms with Crippen molar-refractivity contribution < 1.29 is 4.79 Å². The lowest BCUT2D eigenvalue weighted by atomic mass is 10.0. The van der Waals surface area contributed by atoms with Gasteiger partial charge in [0, 0.05) is 60.6 Å². The van der Waals surface area contributed by atoms with E-state index in [2.05, 4.69) is 45.0 Å². The zero-order valence-electron chi connectivity index (χ0n) is 14.6. The Morgan fingerprint density at radius 1 is 1.12 bits per heavy atom. The Morgan fingerprint density at radius 3 is 2.60 bits per heavy atom. The smallest absolute Gasteiger partial charge is 0.150 e. The van der Waals surface area contributed by atoms with Crippen molar-refractivity contribution in [1.29, 1.82) is 0 Å². The average Bonchev–Trinajstić information content (AvgIpc) is 3.03. The molecule has 0 unspecified atom stereocenters. The van der Waals surface area contributed by atoms with Crippen LogP contribution < -0.4 is 4.90 Å². The molecule has 1 aliphatic heterocycles. The van der Waals surface area contributed by atoms with E-state index in [-0.39, 0.29) is 0 Å². The van der Waals surface area contributed by atoms with Crippen LogP contribution in [-0.2, 0) is 0 Å². The number of anilines is 1. The van der Waals surface area contributed by atoms with E-state index in [1.165, 1.54) is 0 Å². The molecule has 3 heterocycles. The van der Waals surface area contributed by atoms with Gasteiger partial charge in [0.25, 0.3) is 0 Å². The highest BCUT2D eigenvalue weighted by Crippen LogP contribution is 2.29. The fourth-order valence-electron chi connectivity index (χ4n) is 3.52. The molecule has 5 heteroatoms. The number of aldehydes is 1. The van der Waals surface area contributed by atoms with E-state index in [0.29, 0.717) is 0 Å². The van der Waals surface area contributed by atoms with Gasteiger partial charge in [0.15, 0.2) is 6.29 Å². The Morgan fingerprint density at radius 2 is 1.92 bits per heavy atom. The fraction of sp³-hybridized carbons (Fsp3) is 0.300. The van der Waals surface area contributed by atoms with Crippen molar-refractivity contribution >= 4 is 23.0 Å². The van der Waals surface area contributed by atoms with Gasteiger partial charge in [-0.15, -0.1) is 0 Å². The van der Waals surface area contributed by atoms with E-state index in [9.17, 15) is 4.79 Å². The number of aromatic amines is 1. The Hall–Kier alpha value is -2.66. The molecule has 128 valence electrons. The normalized spacial score (nSPS) is 15.7. The first-order valence-corrected chi connectivity index (χ1v) is 8.62. The zero-order chi connectivity index (χ0) is 17.4. The van der Waals surface area contributed by atoms with Crippen molar-refractivity contribution in [3.05, 3.63) is 47.8 Å². The summed E-state index contributed by atoms with van der Waals surface area (Å²) >= 11 is 0. The van der Waals surface area contributed by atoms with Crippen LogP contribution in [0, 0.1) is 6.92 Å². The van der Waals surface area contributed by atoms with Crippen LogP contribution in [0.2, 0.25) is 0 Å². The summed E-state index contributed by atoms with van der Waals surface area (Å²) in [7, 11) is 2.15. The number of hydrogen-bond donors (Lipinski definition) is 1. The van der Waals surface area contributed by atoms with Crippen LogP contribution in [0.3, 0.4) is 0 Å². The number of rotatable bonds is 3. The minimum absolute atomic E-state index is 0.717. The van der Waals surface area contributed by atoms with Crippen molar-refractivity contribution in [2.75, 3.05) is 38.1 Å². The highest BCUT2D eigenvalue weighted by atomic mass is 16.1. The lowest BCUT2D eigenvalue weighted by Gasteiger charge is -2.33. The minimum atomic E-state index is 0.717. The van der Waals surface area contributed by atoms with Gasteiger partial charge in [-0.05, 0) is 49.4 Å². The van der Waals surface area contributed by atoms with Gasteiger partial charge in [0.2, 0.25) is 0 Å². The molecule has 0 bridgehead atoms. The van der Waals surface area contributed by atoms with E-state index in [0.717, 1.165) is 71.4 Å². The molecular weight excluding hydrogens is 312 g/mol. The molecule has 1 saturated heterocycles. The second kappa shape index (κ2) is 6.33. The van der Waals surface area contributed by atoms with Gasteiger partial charge in [-0.3, -0.25) is 4.79 Å². The summed E-state index contributed by atoms with van der Waals surface area (Å²) in [5, 5.41) is 1.00. The first kappa shape index (κ1) is 15.8. The molecule has 4 rings (SSSR count). The molecule has 1 fully saturated rings. The number of benzene rings is 1. The predicted octanol–water partition coefficient (Wildman–Crippen LogP) is 3.10. The third-order valence-corrected chi connectivity index (χ3v) is 5.04. The number of fused-ring (bicyclic) bond motifs is 1. The van der Waals surface area contributed by atoms with Gasteiger partial charge in [-0.1, -0.05) is 0 Å². The van der Waals surface area contributed by atoms with E-state index in [1.807, 2.05) is 25.4 Å². The third-order valence-electron chi connectivity index (χ3n) is 5.04. The predicted molar refractivity (Wildman–Crippen MR) is 101 cm³/mol. The van der Waals surface area contributed by atoms with Gasteiger partial charge in [0.05, 0.1) is 0 Å². The molecule has 0 saturated carbocycles. The number of carbonyl (C=O) groups is 1. The number of carbonyl (C=O) groups excluding carboxylic acids is 1. The van der Waals surface area contributed by atoms with Crippen LogP contribution in [0.5, 0.6) is 0 Å². The Labute approximate surface area is 147 Å². The monoisotopic (exact) mass is 334 g/mol. The molecule has 1 aliphatic rings. The second-order valence-electron chi connectivity index (χ2n) is 6.77. The van der Waals surface area contributed by atoms with Crippen molar-refractivity contribution in [3.8, 4) is 11.1 Å². The summed E-state index contributed by atoms with van der Waals surface area (Å²) in [5.74, 6) is 1.02. The number of hydrogen-bond acceptors (Lipinski definition) is 4. The average molecular weight is 334 g/mol. The molecule has 0 atom stereocenters. The quantitative estimate of drug-likeness (QED) is 0.748. The van der Waals surface area contributed by atoms with Gasteiger partial charge < -0.3 is 14.8 Å². The topological polar surface area (TPSA) is 52.2 Å². The summed E-state index contributed by atoms with van der Waals surface area (Å²) in [6.45, 7) is 6.15. The maximum absolute atomic E-state index is 11.5. The molecule has 3 aromatic rings. The van der Waals surface area contributed by atoms with Gasteiger partial charge >= 0.3 is 0 Å². The van der Waals surface area contributed by atoms with Gasteiger partial charge in [0.1, 0.15) is 5.82 Å². The van der Waals surface area contributed by atoms with Crippen molar-refractivity contribution in [3.63, 3.8) is 0 Å². The molecule has 0 amide bonds. The van der Waals surface area contributed by atoms with Crippen LogP contribution in [0.4, 0.5) is 5.82 Å². The summed E-state index contributed by atoms with van der Waals surface area (Å²) in [5.41, 5.74) is 4.82. The molecule has 1 aromatic carbocycles. The summed E-state index contributed by atoms with van der Waals surface area (Å²) < 4.78 is 0. The lowest BCUT2D eigenvalue weighted by Crippen LogP contribution is -2.44. The highest BCUT2D eigenvalue weighted by Gasteiger charge is 2.15. The van der Waals surface area contributed by atoms with Crippen LogP contribution in [0.1, 0.15) is 15.9 Å². The Kier molecular flexibility index (Phi) is 4.01. The van der Waals surface area contributed by atoms with Crippen LogP contribution in [-0.4, -0.2) is 54.4 Å². The van der Waals surface area contributed by atoms with E-state index < -0.39 is 0 Å². The van der Waals surface area contributed by atoms with Crippen molar-refractivity contribution in [2.45, 2.75) is 6.92 Å². The molecule has 0 aliphatic carbocycles. The lowest BCUT2D eigenvalue weighted by molar-refractivity contribution is 0.112. The molecule has 0 spiro atoms. The maximum atomic E-state index is 11.5. The van der Waals surface area contributed by atoms with E-state index in [1.54, 1.807) is 0 Å². The number of piperazine rings is 1. The SMILES string of the molecule is Cc1c[nH]c2cc(-c3ccc(N4CCN(C)CC4)nc3)cc(C=O)c12. The number of aromatic nitrogens is 2. The third kappa shape index (κ3) is 2.91. The maximum Gasteiger partial charge on any atom is 0.150 e. The van der Waals surface area contributed by atoms with Crippen LogP contribution in [0.25, 0.3) is 22.0 Å². The number of nitrogens with zero attached hydrogens (tertiary/aromatic N) is 3. The largest absolute Gasteiger partial charge is 0.361 e. The molecule has 25 heavy (non-hydrogen) atoms. The second-order valence-corrected chi connectivity index (χ2v) is 6.77. The van der Waals surface area contributed by atoms with E-state index in [4.69, 9.17) is 0 Å². The fourth-order valence-corrected chi connectivity index (χ4v) is 3.52. The first-order chi connectivity index (χ1) is 12.2. The molecular formula is C20H22N4O. The van der Waals surface area contributed by atoms with Gasteiger partial charge in [-0.25, -0.2) is 4.98 Å². The molecule has 5 nitrogen and oxygen atoms in total. The number of nitrogens with one attached hydrogen (secondary N) is 1. The number of pyridine rings is 1. The van der Waals surface area contributed by atoms with Crippen LogP contribution in [0.15, 0.2) is 36.7 Å². The molecule has 2 aromatic heterocycles. The standard InChI is InChI=1S/C20H22N4O/c1-14-11-21-18-10-16(9-17(13-25)20(14)18)15-3-4-19(22-12-15)24-7-5-23(2)6-8-24/h3-4,9-13,21H,5-8H2,1-2H3. The van der Waals surface area contributed by atoms with Gasteiger partial charge in [-0.2, -0.15) is 0 Å².